The maximum Gasteiger partial charge on any atom is 0.225 e. The van der Waals surface area contributed by atoms with Crippen molar-refractivity contribution in [3.05, 3.63) is 0 Å². The van der Waals surface area contributed by atoms with Gasteiger partial charge in [-0.25, -0.2) is 13.1 Å². The fraction of sp³-hybridized carbons (Fsp3) is 1.00. The minimum absolute atomic E-state index is 0.142. The van der Waals surface area contributed by atoms with Crippen LogP contribution in [0.15, 0.2) is 0 Å². The summed E-state index contributed by atoms with van der Waals surface area (Å²) in [7, 11) is -3.17. The Bertz CT molecular complexity index is 214. The quantitative estimate of drug-likeness (QED) is 0.649. The van der Waals surface area contributed by atoms with Gasteiger partial charge in [-0.1, -0.05) is 6.92 Å². The van der Waals surface area contributed by atoms with Crippen molar-refractivity contribution in [2.75, 3.05) is 5.21 Å². The fourth-order valence-corrected chi connectivity index (χ4v) is 1.79. The zero-order chi connectivity index (χ0) is 7.78. The highest BCUT2D eigenvalue weighted by Crippen LogP contribution is 2.29. The van der Waals surface area contributed by atoms with E-state index in [1.807, 2.05) is 6.92 Å². The third kappa shape index (κ3) is 2.11. The first-order chi connectivity index (χ1) is 4.55. The van der Waals surface area contributed by atoms with Gasteiger partial charge in [-0.05, 0) is 12.3 Å². The highest BCUT2D eigenvalue weighted by molar-refractivity contribution is 7.90. The standard InChI is InChI=1S/C5H10ClNO2S/c1-4-2-5(4)7-10(8,9)3-6/h4-5,7H,2-3H2,1H3. The number of hydrogen-bond acceptors (Lipinski definition) is 2. The van der Waals surface area contributed by atoms with Crippen LogP contribution in [0.25, 0.3) is 0 Å². The number of sulfonamides is 1. The van der Waals surface area contributed by atoms with Crippen molar-refractivity contribution in [2.45, 2.75) is 19.4 Å². The Balaban J connectivity index is 2.39. The first kappa shape index (κ1) is 8.30. The highest BCUT2D eigenvalue weighted by atomic mass is 35.5. The number of hydrogen-bond donors (Lipinski definition) is 1. The molecule has 0 aromatic heterocycles. The molecule has 2 unspecified atom stereocenters. The molecule has 0 amide bonds. The lowest BCUT2D eigenvalue weighted by Crippen LogP contribution is -2.27. The molecule has 10 heavy (non-hydrogen) atoms. The molecule has 60 valence electrons. The van der Waals surface area contributed by atoms with Gasteiger partial charge in [0.15, 0.2) is 0 Å². The van der Waals surface area contributed by atoms with Crippen LogP contribution in [0.5, 0.6) is 0 Å². The van der Waals surface area contributed by atoms with E-state index >= 15 is 0 Å². The molecule has 0 radical (unpaired) electrons. The first-order valence-corrected chi connectivity index (χ1v) is 5.30. The molecule has 0 aromatic carbocycles. The Morgan fingerprint density at radius 1 is 1.70 bits per heavy atom. The summed E-state index contributed by atoms with van der Waals surface area (Å²) < 4.78 is 24.0. The van der Waals surface area contributed by atoms with E-state index in [-0.39, 0.29) is 11.3 Å². The van der Waals surface area contributed by atoms with Crippen molar-refractivity contribution in [2.24, 2.45) is 5.92 Å². The van der Waals surface area contributed by atoms with E-state index in [2.05, 4.69) is 4.72 Å². The minimum atomic E-state index is -3.17. The van der Waals surface area contributed by atoms with Crippen molar-refractivity contribution in [3.63, 3.8) is 0 Å². The summed E-state index contributed by atoms with van der Waals surface area (Å²) in [6, 6.07) is 0.142. The molecular formula is C5H10ClNO2S. The third-order valence-corrected chi connectivity index (χ3v) is 3.40. The Labute approximate surface area is 65.8 Å². The van der Waals surface area contributed by atoms with Crippen LogP contribution < -0.4 is 4.72 Å². The molecule has 1 N–H and O–H groups in total. The second-order valence-corrected chi connectivity index (χ2v) is 5.00. The Hall–Kier alpha value is 0.200. The highest BCUT2D eigenvalue weighted by Gasteiger charge is 2.35. The molecule has 2 atom stereocenters. The van der Waals surface area contributed by atoms with E-state index in [0.29, 0.717) is 5.92 Å². The van der Waals surface area contributed by atoms with Crippen molar-refractivity contribution < 1.29 is 8.42 Å². The Morgan fingerprint density at radius 3 is 2.50 bits per heavy atom. The molecule has 5 heteroatoms. The fourth-order valence-electron chi connectivity index (χ4n) is 0.748. The molecule has 1 rings (SSSR count). The van der Waals surface area contributed by atoms with Crippen molar-refractivity contribution in [1.29, 1.82) is 0 Å². The monoisotopic (exact) mass is 183 g/mol. The number of halogens is 1. The van der Waals surface area contributed by atoms with Crippen LogP contribution in [-0.4, -0.2) is 19.7 Å². The maximum absolute atomic E-state index is 10.8. The lowest BCUT2D eigenvalue weighted by Gasteiger charge is -1.99. The van der Waals surface area contributed by atoms with E-state index in [9.17, 15) is 8.42 Å². The second kappa shape index (κ2) is 2.68. The van der Waals surface area contributed by atoms with E-state index in [0.717, 1.165) is 6.42 Å². The molecule has 1 saturated carbocycles. The lowest BCUT2D eigenvalue weighted by molar-refractivity contribution is 0.583. The lowest BCUT2D eigenvalue weighted by atomic mass is 10.5. The third-order valence-electron chi connectivity index (χ3n) is 1.58. The van der Waals surface area contributed by atoms with Crippen LogP contribution in [0.1, 0.15) is 13.3 Å². The van der Waals surface area contributed by atoms with Crippen LogP contribution in [0.3, 0.4) is 0 Å². The molecule has 0 saturated heterocycles. The Morgan fingerprint density at radius 2 is 2.20 bits per heavy atom. The predicted octanol–water partition coefficient (Wildman–Crippen LogP) is 0.510. The van der Waals surface area contributed by atoms with E-state index in [4.69, 9.17) is 11.6 Å². The Kier molecular flexibility index (Phi) is 2.22. The zero-order valence-electron chi connectivity index (χ0n) is 5.67. The topological polar surface area (TPSA) is 46.2 Å². The normalized spacial score (nSPS) is 32.2. The van der Waals surface area contributed by atoms with E-state index in [1.54, 1.807) is 0 Å². The minimum Gasteiger partial charge on any atom is -0.211 e. The zero-order valence-corrected chi connectivity index (χ0v) is 7.24. The molecule has 0 aromatic rings. The smallest absolute Gasteiger partial charge is 0.211 e. The summed E-state index contributed by atoms with van der Waals surface area (Å²) in [5, 5.41) is -0.337. The SMILES string of the molecule is CC1CC1NS(=O)(=O)CCl. The van der Waals surface area contributed by atoms with Crippen molar-refractivity contribution >= 4 is 21.6 Å². The van der Waals surface area contributed by atoms with Gasteiger partial charge in [0.2, 0.25) is 10.0 Å². The number of rotatable bonds is 3. The molecule has 3 nitrogen and oxygen atoms in total. The summed E-state index contributed by atoms with van der Waals surface area (Å²) in [6.45, 7) is 2.00. The second-order valence-electron chi connectivity index (χ2n) is 2.66. The molecule has 0 spiro atoms. The van der Waals surface area contributed by atoms with Gasteiger partial charge in [0.1, 0.15) is 5.21 Å². The summed E-state index contributed by atoms with van der Waals surface area (Å²) in [6.07, 6.45) is 0.941. The number of nitrogens with one attached hydrogen (secondary N) is 1. The van der Waals surface area contributed by atoms with Gasteiger partial charge in [0.05, 0.1) is 0 Å². The van der Waals surface area contributed by atoms with Crippen LogP contribution in [0.2, 0.25) is 0 Å². The molecular weight excluding hydrogens is 174 g/mol. The maximum atomic E-state index is 10.8. The molecule has 1 aliphatic carbocycles. The molecule has 0 heterocycles. The average Bonchev–Trinajstić information content (AvgIpc) is 2.46. The van der Waals surface area contributed by atoms with Gasteiger partial charge in [-0.2, -0.15) is 0 Å². The first-order valence-electron chi connectivity index (χ1n) is 3.11. The van der Waals surface area contributed by atoms with Crippen LogP contribution >= 0.6 is 11.6 Å². The molecule has 0 bridgehead atoms. The summed E-state index contributed by atoms with van der Waals surface area (Å²) >= 11 is 5.16. The van der Waals surface area contributed by atoms with Gasteiger partial charge in [0, 0.05) is 6.04 Å². The van der Waals surface area contributed by atoms with E-state index in [1.165, 1.54) is 0 Å². The molecule has 1 fully saturated rings. The summed E-state index contributed by atoms with van der Waals surface area (Å²) in [5.41, 5.74) is 0. The number of alkyl halides is 1. The van der Waals surface area contributed by atoms with Crippen LogP contribution in [0, 0.1) is 5.92 Å². The van der Waals surface area contributed by atoms with Crippen LogP contribution in [0.4, 0.5) is 0 Å². The largest absolute Gasteiger partial charge is 0.225 e. The van der Waals surface area contributed by atoms with Crippen LogP contribution in [-0.2, 0) is 10.0 Å². The van der Waals surface area contributed by atoms with E-state index < -0.39 is 10.0 Å². The van der Waals surface area contributed by atoms with Crippen molar-refractivity contribution in [3.8, 4) is 0 Å². The van der Waals surface area contributed by atoms with Gasteiger partial charge < -0.3 is 0 Å². The summed E-state index contributed by atoms with van der Waals surface area (Å²) in [4.78, 5) is 0. The molecule has 1 aliphatic rings. The predicted molar refractivity (Wildman–Crippen MR) is 40.3 cm³/mol. The average molecular weight is 184 g/mol. The van der Waals surface area contributed by atoms with Gasteiger partial charge in [0.25, 0.3) is 0 Å². The summed E-state index contributed by atoms with van der Waals surface area (Å²) in [5.74, 6) is 0.484. The van der Waals surface area contributed by atoms with Gasteiger partial charge >= 0.3 is 0 Å². The van der Waals surface area contributed by atoms with Gasteiger partial charge in [-0.3, -0.25) is 0 Å². The van der Waals surface area contributed by atoms with Gasteiger partial charge in [-0.15, -0.1) is 11.6 Å². The van der Waals surface area contributed by atoms with Crippen molar-refractivity contribution in [1.82, 2.24) is 4.72 Å². The molecule has 0 aliphatic heterocycles.